The second-order valence-electron chi connectivity index (χ2n) is 9.80. The van der Waals surface area contributed by atoms with Gasteiger partial charge in [0.2, 0.25) is 0 Å². The molecule has 2 nitrogen and oxygen atoms in total. The van der Waals surface area contributed by atoms with E-state index in [1.807, 2.05) is 0 Å². The number of aromatic nitrogens is 2. The van der Waals surface area contributed by atoms with Crippen LogP contribution in [0.1, 0.15) is 140 Å². The third kappa shape index (κ3) is 6.56. The standard InChI is InChI=1S/C26H44N2/c1-3-5-7-9-21-11-15-23(16-12-21)25-19-27-26(28-20-25)24-17-13-22(14-18-24)10-8-6-4-2/h19-24H,3-18H2,1-2H3. The molecule has 0 spiro atoms. The van der Waals surface area contributed by atoms with E-state index in [1.54, 1.807) is 0 Å². The molecule has 0 saturated heterocycles. The van der Waals surface area contributed by atoms with Gasteiger partial charge in [-0.2, -0.15) is 0 Å². The van der Waals surface area contributed by atoms with E-state index in [2.05, 4.69) is 26.2 Å². The lowest BCUT2D eigenvalue weighted by molar-refractivity contribution is 0.295. The van der Waals surface area contributed by atoms with E-state index < -0.39 is 0 Å². The summed E-state index contributed by atoms with van der Waals surface area (Å²) >= 11 is 0. The highest BCUT2D eigenvalue weighted by molar-refractivity contribution is 5.14. The zero-order valence-electron chi connectivity index (χ0n) is 18.7. The molecule has 28 heavy (non-hydrogen) atoms. The summed E-state index contributed by atoms with van der Waals surface area (Å²) in [4.78, 5) is 9.69. The first-order chi connectivity index (χ1) is 13.8. The molecule has 0 radical (unpaired) electrons. The highest BCUT2D eigenvalue weighted by Gasteiger charge is 2.25. The minimum atomic E-state index is 0.616. The Morgan fingerprint density at radius 1 is 0.643 bits per heavy atom. The zero-order chi connectivity index (χ0) is 19.6. The van der Waals surface area contributed by atoms with E-state index in [0.29, 0.717) is 11.8 Å². The van der Waals surface area contributed by atoms with Crippen LogP contribution < -0.4 is 0 Å². The highest BCUT2D eigenvalue weighted by atomic mass is 14.9. The molecule has 1 aromatic rings. The molecule has 2 aliphatic rings. The van der Waals surface area contributed by atoms with Gasteiger partial charge in [-0.3, -0.25) is 0 Å². The van der Waals surface area contributed by atoms with Crippen molar-refractivity contribution in [2.24, 2.45) is 11.8 Å². The molecule has 158 valence electrons. The molecule has 0 aliphatic heterocycles. The van der Waals surface area contributed by atoms with E-state index in [9.17, 15) is 0 Å². The van der Waals surface area contributed by atoms with E-state index in [-0.39, 0.29) is 0 Å². The Balaban J connectivity index is 1.41. The minimum Gasteiger partial charge on any atom is -0.241 e. The van der Waals surface area contributed by atoms with Crippen LogP contribution in [0, 0.1) is 11.8 Å². The first-order valence-electron chi connectivity index (χ1n) is 12.6. The fourth-order valence-electron chi connectivity index (χ4n) is 5.63. The van der Waals surface area contributed by atoms with Gasteiger partial charge in [0.1, 0.15) is 5.82 Å². The van der Waals surface area contributed by atoms with Gasteiger partial charge in [-0.15, -0.1) is 0 Å². The fraction of sp³-hybridized carbons (Fsp3) is 0.846. The Kier molecular flexibility index (Phi) is 9.28. The molecule has 2 aliphatic carbocycles. The molecular weight excluding hydrogens is 340 g/mol. The summed E-state index contributed by atoms with van der Waals surface area (Å²) in [5, 5.41) is 0. The number of hydrogen-bond donors (Lipinski definition) is 0. The largest absolute Gasteiger partial charge is 0.241 e. The van der Waals surface area contributed by atoms with Crippen molar-refractivity contribution in [3.05, 3.63) is 23.8 Å². The van der Waals surface area contributed by atoms with E-state index in [0.717, 1.165) is 17.7 Å². The Morgan fingerprint density at radius 2 is 1.11 bits per heavy atom. The van der Waals surface area contributed by atoms with Crippen LogP contribution in [0.2, 0.25) is 0 Å². The number of nitrogens with zero attached hydrogens (tertiary/aromatic N) is 2. The van der Waals surface area contributed by atoms with Crippen molar-refractivity contribution in [1.82, 2.24) is 9.97 Å². The molecule has 0 atom stereocenters. The lowest BCUT2D eigenvalue weighted by Crippen LogP contribution is -2.17. The van der Waals surface area contributed by atoms with Crippen LogP contribution in [-0.2, 0) is 0 Å². The number of rotatable bonds is 10. The molecule has 0 bridgehead atoms. The van der Waals surface area contributed by atoms with Crippen molar-refractivity contribution in [2.45, 2.75) is 128 Å². The summed E-state index contributed by atoms with van der Waals surface area (Å²) in [6.45, 7) is 4.61. The molecule has 3 rings (SSSR count). The van der Waals surface area contributed by atoms with Crippen LogP contribution in [0.5, 0.6) is 0 Å². The van der Waals surface area contributed by atoms with Crippen LogP contribution in [0.3, 0.4) is 0 Å². The van der Waals surface area contributed by atoms with Gasteiger partial charge >= 0.3 is 0 Å². The molecule has 1 heterocycles. The third-order valence-electron chi connectivity index (χ3n) is 7.65. The minimum absolute atomic E-state index is 0.616. The summed E-state index contributed by atoms with van der Waals surface area (Å²) in [5.74, 6) is 4.41. The lowest BCUT2D eigenvalue weighted by atomic mass is 9.77. The predicted octanol–water partition coefficient (Wildman–Crippen LogP) is 8.18. The predicted molar refractivity (Wildman–Crippen MR) is 120 cm³/mol. The third-order valence-corrected chi connectivity index (χ3v) is 7.65. The Labute approximate surface area is 174 Å². The van der Waals surface area contributed by atoms with Crippen molar-refractivity contribution in [2.75, 3.05) is 0 Å². The van der Waals surface area contributed by atoms with Gasteiger partial charge in [0, 0.05) is 18.3 Å². The van der Waals surface area contributed by atoms with Gasteiger partial charge < -0.3 is 0 Å². The molecule has 0 unspecified atom stereocenters. The summed E-state index contributed by atoms with van der Waals surface area (Å²) in [5.41, 5.74) is 1.41. The molecule has 0 aromatic carbocycles. The van der Waals surface area contributed by atoms with Crippen molar-refractivity contribution in [1.29, 1.82) is 0 Å². The van der Waals surface area contributed by atoms with Crippen molar-refractivity contribution in [3.8, 4) is 0 Å². The van der Waals surface area contributed by atoms with Crippen LogP contribution in [0.15, 0.2) is 12.4 Å². The molecule has 2 saturated carbocycles. The van der Waals surface area contributed by atoms with Gasteiger partial charge in [-0.25, -0.2) is 9.97 Å². The van der Waals surface area contributed by atoms with E-state index in [1.165, 1.54) is 108 Å². The van der Waals surface area contributed by atoms with Crippen molar-refractivity contribution in [3.63, 3.8) is 0 Å². The molecule has 2 heteroatoms. The van der Waals surface area contributed by atoms with E-state index in [4.69, 9.17) is 9.97 Å². The van der Waals surface area contributed by atoms with E-state index >= 15 is 0 Å². The monoisotopic (exact) mass is 384 g/mol. The molecule has 2 fully saturated rings. The summed E-state index contributed by atoms with van der Waals surface area (Å²) in [7, 11) is 0. The lowest BCUT2D eigenvalue weighted by Gasteiger charge is -2.29. The van der Waals surface area contributed by atoms with Gasteiger partial charge in [0.25, 0.3) is 0 Å². The van der Waals surface area contributed by atoms with Crippen LogP contribution in [-0.4, -0.2) is 9.97 Å². The second-order valence-corrected chi connectivity index (χ2v) is 9.80. The SMILES string of the molecule is CCCCCC1CCC(c2cnc(C3CCC(CCCCC)CC3)nc2)CC1. The van der Waals surface area contributed by atoms with Gasteiger partial charge in [0.15, 0.2) is 0 Å². The molecular formula is C26H44N2. The van der Waals surface area contributed by atoms with Gasteiger partial charge in [-0.05, 0) is 74.7 Å². The number of unbranched alkanes of at least 4 members (excludes halogenated alkanes) is 4. The maximum atomic E-state index is 4.85. The first kappa shape index (κ1) is 21.8. The van der Waals surface area contributed by atoms with Crippen molar-refractivity contribution < 1.29 is 0 Å². The topological polar surface area (TPSA) is 25.8 Å². The fourth-order valence-corrected chi connectivity index (χ4v) is 5.63. The maximum Gasteiger partial charge on any atom is 0.131 e. The van der Waals surface area contributed by atoms with Crippen LogP contribution in [0.25, 0.3) is 0 Å². The normalized spacial score (nSPS) is 28.4. The van der Waals surface area contributed by atoms with Gasteiger partial charge in [-0.1, -0.05) is 65.2 Å². The molecule has 1 aromatic heterocycles. The van der Waals surface area contributed by atoms with Crippen molar-refractivity contribution >= 4 is 0 Å². The average molecular weight is 385 g/mol. The second kappa shape index (κ2) is 11.9. The molecule has 0 N–H and O–H groups in total. The maximum absolute atomic E-state index is 4.85. The van der Waals surface area contributed by atoms with Gasteiger partial charge in [0.05, 0.1) is 0 Å². The van der Waals surface area contributed by atoms with Crippen LogP contribution in [0.4, 0.5) is 0 Å². The zero-order valence-corrected chi connectivity index (χ0v) is 18.7. The molecule has 0 amide bonds. The summed E-state index contributed by atoms with van der Waals surface area (Å²) in [6.07, 6.45) is 26.6. The smallest absolute Gasteiger partial charge is 0.131 e. The quantitative estimate of drug-likeness (QED) is 0.380. The first-order valence-corrected chi connectivity index (χ1v) is 12.6. The average Bonchev–Trinajstić information content (AvgIpc) is 2.75. The van der Waals surface area contributed by atoms with Crippen LogP contribution >= 0.6 is 0 Å². The summed E-state index contributed by atoms with van der Waals surface area (Å²) < 4.78 is 0. The highest BCUT2D eigenvalue weighted by Crippen LogP contribution is 2.39. The Hall–Kier alpha value is -0.920. The number of hydrogen-bond acceptors (Lipinski definition) is 2. The Bertz CT molecular complexity index is 473. The Morgan fingerprint density at radius 3 is 1.57 bits per heavy atom. The summed E-state index contributed by atoms with van der Waals surface area (Å²) in [6, 6.07) is 0.